The summed E-state index contributed by atoms with van der Waals surface area (Å²) in [5.41, 5.74) is 0.495. The number of amides is 1. The van der Waals surface area contributed by atoms with Gasteiger partial charge in [-0.3, -0.25) is 14.9 Å². The van der Waals surface area contributed by atoms with Crippen molar-refractivity contribution in [2.24, 2.45) is 5.92 Å². The quantitative estimate of drug-likeness (QED) is 0.488. The van der Waals surface area contributed by atoms with Gasteiger partial charge in [0.2, 0.25) is 17.6 Å². The molecule has 0 aliphatic heterocycles. The molecule has 8 heteroatoms. The molecule has 1 aromatic heterocycles. The highest BCUT2D eigenvalue weighted by atomic mass is 16.6. The molecule has 0 saturated heterocycles. The Bertz CT molecular complexity index is 788. The van der Waals surface area contributed by atoms with Crippen molar-refractivity contribution >= 4 is 11.6 Å². The Balaban J connectivity index is 2.08. The first kappa shape index (κ1) is 20.5. The molecule has 0 fully saturated rings. The van der Waals surface area contributed by atoms with Gasteiger partial charge in [0.25, 0.3) is 5.69 Å². The van der Waals surface area contributed by atoms with Gasteiger partial charge in [-0.05, 0) is 19.3 Å². The molecule has 0 saturated carbocycles. The zero-order valence-corrected chi connectivity index (χ0v) is 16.2. The van der Waals surface area contributed by atoms with Crippen molar-refractivity contribution in [2.45, 2.75) is 53.0 Å². The number of hydrogen-bond donors (Lipinski definition) is 0. The van der Waals surface area contributed by atoms with E-state index in [0.29, 0.717) is 42.6 Å². The van der Waals surface area contributed by atoms with E-state index in [1.54, 1.807) is 12.1 Å². The van der Waals surface area contributed by atoms with Crippen LogP contribution in [0.5, 0.6) is 0 Å². The molecular weight excluding hydrogens is 348 g/mol. The molecule has 0 radical (unpaired) electrons. The van der Waals surface area contributed by atoms with Crippen LogP contribution in [0.1, 0.15) is 46.4 Å². The van der Waals surface area contributed by atoms with E-state index in [9.17, 15) is 14.9 Å². The molecular formula is C19H26N4O4. The van der Waals surface area contributed by atoms with Crippen molar-refractivity contribution in [3.05, 3.63) is 40.3 Å². The SMILES string of the molecule is CC[C@H](C)N(CCc1nc(-c2cccc([N+](=O)[O-])c2)no1)C(=O)CC(C)C. The minimum atomic E-state index is -0.463. The van der Waals surface area contributed by atoms with Gasteiger partial charge in [-0.1, -0.05) is 38.1 Å². The molecule has 1 amide bonds. The van der Waals surface area contributed by atoms with Crippen LogP contribution < -0.4 is 0 Å². The molecule has 0 spiro atoms. The smallest absolute Gasteiger partial charge is 0.270 e. The molecule has 0 unspecified atom stereocenters. The van der Waals surface area contributed by atoms with Crippen molar-refractivity contribution in [2.75, 3.05) is 6.54 Å². The lowest BCUT2D eigenvalue weighted by atomic mass is 10.1. The molecule has 1 aromatic carbocycles. The van der Waals surface area contributed by atoms with Gasteiger partial charge in [0, 0.05) is 43.1 Å². The maximum atomic E-state index is 12.5. The average Bonchev–Trinajstić information content (AvgIpc) is 3.10. The first-order valence-electron chi connectivity index (χ1n) is 9.18. The Morgan fingerprint density at radius 3 is 2.70 bits per heavy atom. The summed E-state index contributed by atoms with van der Waals surface area (Å²) >= 11 is 0. The molecule has 0 bridgehead atoms. The number of nitro benzene ring substituents is 1. The number of nitro groups is 1. The normalized spacial score (nSPS) is 12.2. The number of non-ortho nitro benzene ring substituents is 1. The minimum Gasteiger partial charge on any atom is -0.339 e. The van der Waals surface area contributed by atoms with Crippen molar-refractivity contribution in [1.29, 1.82) is 0 Å². The molecule has 2 aromatic rings. The fourth-order valence-electron chi connectivity index (χ4n) is 2.73. The van der Waals surface area contributed by atoms with Gasteiger partial charge in [-0.2, -0.15) is 4.98 Å². The predicted octanol–water partition coefficient (Wildman–Crippen LogP) is 3.86. The molecule has 0 aliphatic carbocycles. The predicted molar refractivity (Wildman–Crippen MR) is 101 cm³/mol. The summed E-state index contributed by atoms with van der Waals surface area (Å²) in [4.78, 5) is 29.1. The van der Waals surface area contributed by atoms with Gasteiger partial charge < -0.3 is 9.42 Å². The highest BCUT2D eigenvalue weighted by molar-refractivity contribution is 5.76. The Hall–Kier alpha value is -2.77. The third-order valence-corrected chi connectivity index (χ3v) is 4.38. The van der Waals surface area contributed by atoms with E-state index in [1.807, 2.05) is 32.6 Å². The number of benzene rings is 1. The van der Waals surface area contributed by atoms with Crippen LogP contribution in [0.3, 0.4) is 0 Å². The molecule has 8 nitrogen and oxygen atoms in total. The van der Waals surface area contributed by atoms with E-state index in [4.69, 9.17) is 4.52 Å². The van der Waals surface area contributed by atoms with Crippen molar-refractivity contribution in [3.63, 3.8) is 0 Å². The summed E-state index contributed by atoms with van der Waals surface area (Å²) in [5, 5.41) is 14.8. The van der Waals surface area contributed by atoms with Crippen molar-refractivity contribution < 1.29 is 14.2 Å². The van der Waals surface area contributed by atoms with Gasteiger partial charge in [-0.25, -0.2) is 0 Å². The minimum absolute atomic E-state index is 0.0268. The summed E-state index contributed by atoms with van der Waals surface area (Å²) in [5.74, 6) is 1.13. The number of carbonyl (C=O) groups is 1. The Kier molecular flexibility index (Phi) is 7.04. The fourth-order valence-corrected chi connectivity index (χ4v) is 2.73. The highest BCUT2D eigenvalue weighted by Crippen LogP contribution is 2.21. The summed E-state index contributed by atoms with van der Waals surface area (Å²) in [6, 6.07) is 6.23. The highest BCUT2D eigenvalue weighted by Gasteiger charge is 2.21. The lowest BCUT2D eigenvalue weighted by molar-refractivity contribution is -0.384. The first-order valence-corrected chi connectivity index (χ1v) is 9.18. The molecule has 2 rings (SSSR count). The monoisotopic (exact) mass is 374 g/mol. The van der Waals surface area contributed by atoms with Crippen LogP contribution in [-0.2, 0) is 11.2 Å². The van der Waals surface area contributed by atoms with Gasteiger partial charge >= 0.3 is 0 Å². The van der Waals surface area contributed by atoms with Crippen LogP contribution in [0.2, 0.25) is 0 Å². The van der Waals surface area contributed by atoms with E-state index in [-0.39, 0.29) is 17.6 Å². The topological polar surface area (TPSA) is 102 Å². The number of nitrogens with zero attached hydrogens (tertiary/aromatic N) is 4. The lowest BCUT2D eigenvalue weighted by Crippen LogP contribution is -2.40. The van der Waals surface area contributed by atoms with Crippen molar-refractivity contribution in [3.8, 4) is 11.4 Å². The number of aromatic nitrogens is 2. The Morgan fingerprint density at radius 1 is 1.33 bits per heavy atom. The molecule has 1 heterocycles. The van der Waals surface area contributed by atoms with Crippen LogP contribution >= 0.6 is 0 Å². The van der Waals surface area contributed by atoms with Gasteiger partial charge in [-0.15, -0.1) is 0 Å². The Morgan fingerprint density at radius 2 is 2.07 bits per heavy atom. The zero-order valence-electron chi connectivity index (χ0n) is 16.2. The second kappa shape index (κ2) is 9.25. The maximum Gasteiger partial charge on any atom is 0.270 e. The lowest BCUT2D eigenvalue weighted by Gasteiger charge is -2.29. The third kappa shape index (κ3) is 5.60. The van der Waals surface area contributed by atoms with Gasteiger partial charge in [0.1, 0.15) is 0 Å². The van der Waals surface area contributed by atoms with Gasteiger partial charge in [0.05, 0.1) is 4.92 Å². The van der Waals surface area contributed by atoms with Crippen LogP contribution in [0.25, 0.3) is 11.4 Å². The first-order chi connectivity index (χ1) is 12.8. The summed E-state index contributed by atoms with van der Waals surface area (Å²) in [6.45, 7) is 8.62. The molecule has 1 atom stereocenters. The molecule has 146 valence electrons. The third-order valence-electron chi connectivity index (χ3n) is 4.38. The van der Waals surface area contributed by atoms with E-state index in [0.717, 1.165) is 6.42 Å². The van der Waals surface area contributed by atoms with Crippen LogP contribution in [0.15, 0.2) is 28.8 Å². The summed E-state index contributed by atoms with van der Waals surface area (Å²) in [6.07, 6.45) is 1.82. The van der Waals surface area contributed by atoms with Crippen LogP contribution in [0.4, 0.5) is 5.69 Å². The van der Waals surface area contributed by atoms with Crippen LogP contribution in [0, 0.1) is 16.0 Å². The fraction of sp³-hybridized carbons (Fsp3) is 0.526. The Labute approximate surface area is 158 Å². The van der Waals surface area contributed by atoms with E-state index >= 15 is 0 Å². The molecule has 27 heavy (non-hydrogen) atoms. The number of rotatable bonds is 9. The summed E-state index contributed by atoms with van der Waals surface area (Å²) in [7, 11) is 0. The second-order valence-corrected chi connectivity index (χ2v) is 7.01. The van der Waals surface area contributed by atoms with E-state index in [2.05, 4.69) is 10.1 Å². The van der Waals surface area contributed by atoms with Crippen LogP contribution in [-0.4, -0.2) is 38.5 Å². The molecule has 0 aliphatic rings. The largest absolute Gasteiger partial charge is 0.339 e. The maximum absolute atomic E-state index is 12.5. The molecule has 0 N–H and O–H groups in total. The van der Waals surface area contributed by atoms with E-state index < -0.39 is 4.92 Å². The summed E-state index contributed by atoms with van der Waals surface area (Å²) < 4.78 is 5.28. The van der Waals surface area contributed by atoms with Crippen molar-refractivity contribution in [1.82, 2.24) is 15.0 Å². The average molecular weight is 374 g/mol. The number of hydrogen-bond acceptors (Lipinski definition) is 6. The number of carbonyl (C=O) groups excluding carboxylic acids is 1. The zero-order chi connectivity index (χ0) is 20.0. The second-order valence-electron chi connectivity index (χ2n) is 7.01. The van der Waals surface area contributed by atoms with E-state index in [1.165, 1.54) is 12.1 Å². The standard InChI is InChI=1S/C19H26N4O4/c1-5-14(4)22(18(24)11-13(2)3)10-9-17-20-19(21-27-17)15-7-6-8-16(12-15)23(25)26/h6-8,12-14H,5,9-11H2,1-4H3/t14-/m0/s1. The van der Waals surface area contributed by atoms with Gasteiger partial charge in [0.15, 0.2) is 0 Å².